The fourth-order valence-electron chi connectivity index (χ4n) is 9.21. The first-order chi connectivity index (χ1) is 27.6. The summed E-state index contributed by atoms with van der Waals surface area (Å²) in [4.78, 5) is 11.1. The lowest BCUT2D eigenvalue weighted by atomic mass is 9.74. The van der Waals surface area contributed by atoms with Crippen LogP contribution in [0.25, 0.3) is 88.5 Å². The standard InChI is InChI=1S/C54H36N2/c1-54(40-19-6-3-7-20-40)47-25-13-12-23-44(47)51-45(24-14-26-48(51)54)50-34-49(38-29-27-36(28-30-38)35-15-4-2-5-16-35)55-53(56-50)52-42-22-11-9-18-39(42)33-46-41-21-10-8-17-37(41)31-32-43(46)52/h2-34H,1H3. The van der Waals surface area contributed by atoms with Crippen molar-refractivity contribution < 1.29 is 0 Å². The summed E-state index contributed by atoms with van der Waals surface area (Å²) in [5, 5.41) is 7.09. The van der Waals surface area contributed by atoms with Gasteiger partial charge in [-0.25, -0.2) is 9.97 Å². The Morgan fingerprint density at radius 1 is 0.357 bits per heavy atom. The van der Waals surface area contributed by atoms with Crippen LogP contribution in [-0.2, 0) is 5.41 Å². The molecule has 1 heterocycles. The van der Waals surface area contributed by atoms with Crippen molar-refractivity contribution in [2.24, 2.45) is 0 Å². The van der Waals surface area contributed by atoms with E-state index in [9.17, 15) is 0 Å². The van der Waals surface area contributed by atoms with Crippen LogP contribution in [0.3, 0.4) is 0 Å². The van der Waals surface area contributed by atoms with Crippen molar-refractivity contribution in [1.29, 1.82) is 0 Å². The average molecular weight is 713 g/mol. The van der Waals surface area contributed by atoms with Crippen molar-refractivity contribution in [3.8, 4) is 56.2 Å². The van der Waals surface area contributed by atoms with Crippen molar-refractivity contribution in [3.05, 3.63) is 217 Å². The molecule has 9 aromatic carbocycles. The van der Waals surface area contributed by atoms with Crippen LogP contribution in [0.2, 0.25) is 0 Å². The van der Waals surface area contributed by atoms with Gasteiger partial charge in [-0.1, -0.05) is 188 Å². The van der Waals surface area contributed by atoms with Gasteiger partial charge in [0.1, 0.15) is 0 Å². The summed E-state index contributed by atoms with van der Waals surface area (Å²) < 4.78 is 0. The highest BCUT2D eigenvalue weighted by Gasteiger charge is 2.41. The lowest BCUT2D eigenvalue weighted by Gasteiger charge is -2.28. The number of hydrogen-bond acceptors (Lipinski definition) is 2. The summed E-state index contributed by atoms with van der Waals surface area (Å²) in [6.45, 7) is 2.37. The zero-order chi connectivity index (χ0) is 37.2. The molecule has 0 radical (unpaired) electrons. The molecule has 0 saturated heterocycles. The summed E-state index contributed by atoms with van der Waals surface area (Å²) in [6, 6.07) is 72.2. The van der Waals surface area contributed by atoms with E-state index in [1.54, 1.807) is 0 Å². The predicted molar refractivity (Wildman–Crippen MR) is 234 cm³/mol. The maximum absolute atomic E-state index is 5.60. The van der Waals surface area contributed by atoms with E-state index < -0.39 is 0 Å². The SMILES string of the molecule is CC1(c2ccccc2)c2ccccc2-c2c(-c3cc(-c4ccc(-c5ccccc5)cc4)nc(-c4c5ccccc5cc5c4ccc4ccccc45)n3)cccc21. The van der Waals surface area contributed by atoms with Crippen molar-refractivity contribution in [2.75, 3.05) is 0 Å². The van der Waals surface area contributed by atoms with Crippen LogP contribution in [-0.4, -0.2) is 9.97 Å². The molecule has 0 bridgehead atoms. The molecular weight excluding hydrogens is 677 g/mol. The third kappa shape index (κ3) is 4.96. The second kappa shape index (κ2) is 12.7. The third-order valence-electron chi connectivity index (χ3n) is 12.0. The fourth-order valence-corrected chi connectivity index (χ4v) is 9.21. The molecule has 2 heteroatoms. The minimum Gasteiger partial charge on any atom is -0.228 e. The van der Waals surface area contributed by atoms with Gasteiger partial charge in [0.05, 0.1) is 11.4 Å². The van der Waals surface area contributed by atoms with Crippen LogP contribution in [0.5, 0.6) is 0 Å². The van der Waals surface area contributed by atoms with E-state index in [1.807, 2.05) is 0 Å². The molecule has 1 atom stereocenters. The third-order valence-corrected chi connectivity index (χ3v) is 12.0. The van der Waals surface area contributed by atoms with Crippen molar-refractivity contribution in [2.45, 2.75) is 12.3 Å². The summed E-state index contributed by atoms with van der Waals surface area (Å²) >= 11 is 0. The minimum absolute atomic E-state index is 0.317. The molecule has 56 heavy (non-hydrogen) atoms. The number of aromatic nitrogens is 2. The Labute approximate surface area is 326 Å². The molecule has 1 aliphatic rings. The van der Waals surface area contributed by atoms with Gasteiger partial charge in [0.15, 0.2) is 5.82 Å². The molecule has 1 aromatic heterocycles. The quantitative estimate of drug-likeness (QED) is 0.131. The van der Waals surface area contributed by atoms with Crippen molar-refractivity contribution in [1.82, 2.24) is 9.97 Å². The lowest BCUT2D eigenvalue weighted by Crippen LogP contribution is -2.22. The normalized spacial score (nSPS) is 14.6. The Kier molecular flexibility index (Phi) is 7.33. The predicted octanol–water partition coefficient (Wildman–Crippen LogP) is 13.9. The van der Waals surface area contributed by atoms with Gasteiger partial charge in [0, 0.05) is 22.1 Å². The monoisotopic (exact) mass is 712 g/mol. The molecule has 10 aromatic rings. The van der Waals surface area contributed by atoms with Crippen molar-refractivity contribution >= 4 is 32.3 Å². The first-order valence-electron chi connectivity index (χ1n) is 19.3. The van der Waals surface area contributed by atoms with Crippen LogP contribution >= 0.6 is 0 Å². The lowest BCUT2D eigenvalue weighted by molar-refractivity contribution is 0.714. The van der Waals surface area contributed by atoms with E-state index in [4.69, 9.17) is 9.97 Å². The Hall–Kier alpha value is -7.16. The summed E-state index contributed by atoms with van der Waals surface area (Å²) in [7, 11) is 0. The maximum Gasteiger partial charge on any atom is 0.161 e. The number of rotatable bonds is 5. The molecule has 0 fully saturated rings. The minimum atomic E-state index is -0.317. The molecule has 262 valence electrons. The fraction of sp³-hybridized carbons (Fsp3) is 0.0370. The second-order valence-corrected chi connectivity index (χ2v) is 15.0. The van der Waals surface area contributed by atoms with E-state index in [0.717, 1.165) is 44.7 Å². The van der Waals surface area contributed by atoms with E-state index in [2.05, 4.69) is 207 Å². The molecular formula is C54H36N2. The van der Waals surface area contributed by atoms with Crippen LogP contribution in [0.4, 0.5) is 0 Å². The number of benzene rings is 9. The molecule has 1 unspecified atom stereocenters. The van der Waals surface area contributed by atoms with Gasteiger partial charge in [-0.2, -0.15) is 0 Å². The zero-order valence-electron chi connectivity index (χ0n) is 30.9. The molecule has 0 spiro atoms. The van der Waals surface area contributed by atoms with Gasteiger partial charge in [0.2, 0.25) is 0 Å². The van der Waals surface area contributed by atoms with E-state index in [-0.39, 0.29) is 5.41 Å². The molecule has 0 saturated carbocycles. The molecule has 0 N–H and O–H groups in total. The van der Waals surface area contributed by atoms with Gasteiger partial charge < -0.3 is 0 Å². The van der Waals surface area contributed by atoms with E-state index in [1.165, 1.54) is 60.5 Å². The smallest absolute Gasteiger partial charge is 0.161 e. The highest BCUT2D eigenvalue weighted by atomic mass is 14.9. The molecule has 11 rings (SSSR count). The van der Waals surface area contributed by atoms with Gasteiger partial charge in [-0.15, -0.1) is 0 Å². The highest BCUT2D eigenvalue weighted by molar-refractivity contribution is 6.19. The second-order valence-electron chi connectivity index (χ2n) is 15.0. The highest BCUT2D eigenvalue weighted by Crippen LogP contribution is 2.55. The summed E-state index contributed by atoms with van der Waals surface area (Å²) in [5.74, 6) is 0.719. The number of nitrogens with zero attached hydrogens (tertiary/aromatic N) is 2. The largest absolute Gasteiger partial charge is 0.228 e. The first kappa shape index (κ1) is 32.3. The van der Waals surface area contributed by atoms with Crippen LogP contribution < -0.4 is 0 Å². The summed E-state index contributed by atoms with van der Waals surface area (Å²) in [6.07, 6.45) is 0. The van der Waals surface area contributed by atoms with E-state index >= 15 is 0 Å². The topological polar surface area (TPSA) is 25.8 Å². The van der Waals surface area contributed by atoms with Crippen molar-refractivity contribution in [3.63, 3.8) is 0 Å². The van der Waals surface area contributed by atoms with Gasteiger partial charge in [-0.3, -0.25) is 0 Å². The first-order valence-corrected chi connectivity index (χ1v) is 19.3. The van der Waals surface area contributed by atoms with Gasteiger partial charge in [0.25, 0.3) is 0 Å². The molecule has 0 aliphatic heterocycles. The maximum atomic E-state index is 5.60. The van der Waals surface area contributed by atoms with Crippen LogP contribution in [0.15, 0.2) is 200 Å². The van der Waals surface area contributed by atoms with Crippen LogP contribution in [0.1, 0.15) is 23.6 Å². The Morgan fingerprint density at radius 3 is 1.79 bits per heavy atom. The molecule has 2 nitrogen and oxygen atoms in total. The van der Waals surface area contributed by atoms with Gasteiger partial charge >= 0.3 is 0 Å². The zero-order valence-corrected chi connectivity index (χ0v) is 30.9. The summed E-state index contributed by atoms with van der Waals surface area (Å²) in [5.41, 5.74) is 13.4. The number of hydrogen-bond donors (Lipinski definition) is 0. The number of fused-ring (bicyclic) bond motifs is 7. The Morgan fingerprint density at radius 2 is 0.964 bits per heavy atom. The Balaban J connectivity index is 1.20. The Bertz CT molecular complexity index is 3130. The van der Waals surface area contributed by atoms with E-state index in [0.29, 0.717) is 0 Å². The average Bonchev–Trinajstić information content (AvgIpc) is 3.54. The molecule has 0 amide bonds. The molecule has 1 aliphatic carbocycles. The van der Waals surface area contributed by atoms with Gasteiger partial charge in [-0.05, 0) is 90.3 Å². The van der Waals surface area contributed by atoms with Crippen LogP contribution in [0, 0.1) is 0 Å².